The average Bonchev–Trinajstić information content (AvgIpc) is 2.76. The fourth-order valence-electron chi connectivity index (χ4n) is 1.36. The van der Waals surface area contributed by atoms with Crippen LogP contribution in [0, 0.1) is 0 Å². The lowest BCUT2D eigenvalue weighted by atomic mass is 10.4. The fourth-order valence-corrected chi connectivity index (χ4v) is 1.36. The van der Waals surface area contributed by atoms with Gasteiger partial charge in [-0.05, 0) is 12.5 Å². The molecule has 0 aromatic carbocycles. The molecule has 0 aliphatic carbocycles. The molecule has 5 nitrogen and oxygen atoms in total. The van der Waals surface area contributed by atoms with Crippen LogP contribution in [0.4, 0.5) is 5.88 Å². The summed E-state index contributed by atoms with van der Waals surface area (Å²) in [7, 11) is 1.59. The lowest BCUT2D eigenvalue weighted by molar-refractivity contribution is -0.119. The van der Waals surface area contributed by atoms with Crippen molar-refractivity contribution in [3.63, 3.8) is 0 Å². The van der Waals surface area contributed by atoms with E-state index < -0.39 is 0 Å². The molecular weight excluding hydrogens is 208 g/mol. The van der Waals surface area contributed by atoms with Crippen LogP contribution in [0.1, 0.15) is 23.9 Å². The van der Waals surface area contributed by atoms with Crippen LogP contribution >= 0.6 is 0 Å². The molecule has 1 rings (SSSR count). The second-order valence-corrected chi connectivity index (χ2v) is 3.39. The minimum Gasteiger partial charge on any atom is -0.438 e. The first-order valence-corrected chi connectivity index (χ1v) is 5.21. The summed E-state index contributed by atoms with van der Waals surface area (Å²) in [5.74, 6) is 0.734. The number of carbonyl (C=O) groups excluding carboxylic acids is 2. The summed E-state index contributed by atoms with van der Waals surface area (Å²) in [5, 5.41) is 2.55. The normalized spacial score (nSPS) is 9.88. The van der Waals surface area contributed by atoms with E-state index in [9.17, 15) is 9.59 Å². The highest BCUT2D eigenvalue weighted by Gasteiger charge is 2.13. The first-order valence-electron chi connectivity index (χ1n) is 5.21. The topological polar surface area (TPSA) is 62.6 Å². The average molecular weight is 224 g/mol. The number of rotatable bonds is 6. The molecule has 0 spiro atoms. The van der Waals surface area contributed by atoms with Gasteiger partial charge in [-0.1, -0.05) is 6.92 Å². The van der Waals surface area contributed by atoms with E-state index in [4.69, 9.17) is 4.42 Å². The summed E-state index contributed by atoms with van der Waals surface area (Å²) in [6.45, 7) is 2.95. The van der Waals surface area contributed by atoms with E-state index in [0.29, 0.717) is 18.7 Å². The van der Waals surface area contributed by atoms with Crippen molar-refractivity contribution in [2.45, 2.75) is 13.3 Å². The van der Waals surface area contributed by atoms with Crippen molar-refractivity contribution in [1.29, 1.82) is 0 Å². The van der Waals surface area contributed by atoms with Crippen molar-refractivity contribution < 1.29 is 14.0 Å². The number of aldehydes is 1. The number of hydrogen-bond acceptors (Lipinski definition) is 4. The molecule has 0 saturated carbocycles. The number of furan rings is 1. The van der Waals surface area contributed by atoms with Gasteiger partial charge in [0.1, 0.15) is 0 Å². The van der Waals surface area contributed by atoms with Gasteiger partial charge in [-0.15, -0.1) is 0 Å². The lowest BCUT2D eigenvalue weighted by Gasteiger charge is -2.19. The largest absolute Gasteiger partial charge is 0.438 e. The van der Waals surface area contributed by atoms with Crippen molar-refractivity contribution in [2.75, 3.05) is 25.0 Å². The zero-order valence-electron chi connectivity index (χ0n) is 9.53. The second-order valence-electron chi connectivity index (χ2n) is 3.39. The number of amides is 1. The maximum Gasteiger partial charge on any atom is 0.239 e. The summed E-state index contributed by atoms with van der Waals surface area (Å²) in [6.07, 6.45) is 1.54. The summed E-state index contributed by atoms with van der Waals surface area (Å²) in [6, 6.07) is 3.29. The number of hydrogen-bond donors (Lipinski definition) is 1. The van der Waals surface area contributed by atoms with E-state index in [1.54, 1.807) is 24.1 Å². The molecule has 88 valence electrons. The Morgan fingerprint density at radius 1 is 1.56 bits per heavy atom. The van der Waals surface area contributed by atoms with Gasteiger partial charge in [0.15, 0.2) is 17.9 Å². The third-order valence-electron chi connectivity index (χ3n) is 2.15. The summed E-state index contributed by atoms with van der Waals surface area (Å²) < 4.78 is 5.27. The second kappa shape index (κ2) is 5.95. The maximum atomic E-state index is 11.3. The van der Waals surface area contributed by atoms with Crippen molar-refractivity contribution >= 4 is 18.1 Å². The van der Waals surface area contributed by atoms with E-state index in [1.807, 2.05) is 6.92 Å². The van der Waals surface area contributed by atoms with E-state index in [1.165, 1.54) is 0 Å². The molecule has 1 amide bonds. The van der Waals surface area contributed by atoms with E-state index in [2.05, 4.69) is 5.32 Å². The Labute approximate surface area is 94.4 Å². The molecule has 0 atom stereocenters. The Balaban J connectivity index is 2.75. The SMILES string of the molecule is CCCN(CC(=O)NC)c1ccc(C=O)o1. The third kappa shape index (κ3) is 3.12. The van der Waals surface area contributed by atoms with E-state index >= 15 is 0 Å². The summed E-state index contributed by atoms with van der Waals surface area (Å²) >= 11 is 0. The van der Waals surface area contributed by atoms with Crippen LogP contribution in [0.2, 0.25) is 0 Å². The highest BCUT2D eigenvalue weighted by atomic mass is 16.4. The van der Waals surface area contributed by atoms with Gasteiger partial charge in [-0.25, -0.2) is 0 Å². The van der Waals surface area contributed by atoms with Crippen LogP contribution in [0.15, 0.2) is 16.5 Å². The van der Waals surface area contributed by atoms with Crippen molar-refractivity contribution in [3.05, 3.63) is 17.9 Å². The van der Waals surface area contributed by atoms with E-state index in [-0.39, 0.29) is 18.2 Å². The quantitative estimate of drug-likeness (QED) is 0.734. The fraction of sp³-hybridized carbons (Fsp3) is 0.455. The zero-order valence-corrected chi connectivity index (χ0v) is 9.53. The van der Waals surface area contributed by atoms with Gasteiger partial charge in [0.05, 0.1) is 6.54 Å². The molecule has 1 heterocycles. The number of likely N-dealkylation sites (N-methyl/N-ethyl adjacent to an activating group) is 1. The van der Waals surface area contributed by atoms with Gasteiger partial charge in [-0.3, -0.25) is 9.59 Å². The lowest BCUT2D eigenvalue weighted by Crippen LogP contribution is -2.35. The minimum atomic E-state index is -0.0856. The maximum absolute atomic E-state index is 11.3. The Morgan fingerprint density at radius 2 is 2.31 bits per heavy atom. The Morgan fingerprint density at radius 3 is 2.81 bits per heavy atom. The molecule has 0 aliphatic rings. The number of nitrogens with one attached hydrogen (secondary N) is 1. The third-order valence-corrected chi connectivity index (χ3v) is 2.15. The zero-order chi connectivity index (χ0) is 12.0. The highest BCUT2D eigenvalue weighted by Crippen LogP contribution is 2.17. The minimum absolute atomic E-state index is 0.0856. The van der Waals surface area contributed by atoms with Crippen LogP contribution < -0.4 is 10.2 Å². The standard InChI is InChI=1S/C11H16N2O3/c1-3-6-13(7-10(15)12-2)11-5-4-9(8-14)16-11/h4-5,8H,3,6-7H2,1-2H3,(H,12,15). The first-order chi connectivity index (χ1) is 7.71. The van der Waals surface area contributed by atoms with Gasteiger partial charge < -0.3 is 14.6 Å². The molecule has 0 bridgehead atoms. The molecule has 0 radical (unpaired) electrons. The Hall–Kier alpha value is -1.78. The van der Waals surface area contributed by atoms with Crippen LogP contribution in [0.25, 0.3) is 0 Å². The Bertz CT molecular complexity index is 360. The van der Waals surface area contributed by atoms with Crippen molar-refractivity contribution in [2.24, 2.45) is 0 Å². The molecule has 0 fully saturated rings. The molecule has 1 N–H and O–H groups in total. The van der Waals surface area contributed by atoms with Crippen molar-refractivity contribution in [3.8, 4) is 0 Å². The van der Waals surface area contributed by atoms with Gasteiger partial charge >= 0.3 is 0 Å². The van der Waals surface area contributed by atoms with Crippen LogP contribution in [0.5, 0.6) is 0 Å². The van der Waals surface area contributed by atoms with Crippen molar-refractivity contribution in [1.82, 2.24) is 5.32 Å². The van der Waals surface area contributed by atoms with Gasteiger partial charge in [-0.2, -0.15) is 0 Å². The first kappa shape index (κ1) is 12.3. The smallest absolute Gasteiger partial charge is 0.239 e. The number of nitrogens with zero attached hydrogens (tertiary/aromatic N) is 1. The molecule has 5 heteroatoms. The summed E-state index contributed by atoms with van der Waals surface area (Å²) in [4.78, 5) is 23.6. The summed E-state index contributed by atoms with van der Waals surface area (Å²) in [5.41, 5.74) is 0. The molecule has 0 aliphatic heterocycles. The predicted octanol–water partition coefficient (Wildman–Crippen LogP) is 1.05. The monoisotopic (exact) mass is 224 g/mol. The van der Waals surface area contributed by atoms with Gasteiger partial charge in [0, 0.05) is 19.7 Å². The molecule has 1 aromatic heterocycles. The molecule has 1 aromatic rings. The number of carbonyl (C=O) groups is 2. The Kier molecular flexibility index (Phi) is 4.57. The van der Waals surface area contributed by atoms with Gasteiger partial charge in [0.25, 0.3) is 0 Å². The van der Waals surface area contributed by atoms with E-state index in [0.717, 1.165) is 6.42 Å². The van der Waals surface area contributed by atoms with Crippen LogP contribution in [-0.2, 0) is 4.79 Å². The molecule has 0 unspecified atom stereocenters. The molecule has 0 saturated heterocycles. The highest BCUT2D eigenvalue weighted by molar-refractivity contribution is 5.80. The molecular formula is C11H16N2O3. The number of anilines is 1. The van der Waals surface area contributed by atoms with Crippen LogP contribution in [-0.4, -0.2) is 32.3 Å². The molecule has 16 heavy (non-hydrogen) atoms. The predicted molar refractivity (Wildman–Crippen MR) is 60.7 cm³/mol. The van der Waals surface area contributed by atoms with Crippen LogP contribution in [0.3, 0.4) is 0 Å². The van der Waals surface area contributed by atoms with Gasteiger partial charge in [0.2, 0.25) is 5.91 Å².